The molecule has 1 saturated heterocycles. The predicted molar refractivity (Wildman–Crippen MR) is 101 cm³/mol. The third-order valence-electron chi connectivity index (χ3n) is 4.55. The van der Waals surface area contributed by atoms with E-state index >= 15 is 0 Å². The Morgan fingerprint density at radius 1 is 1.23 bits per heavy atom. The fraction of sp³-hybridized carbons (Fsp3) is 0.368. The topological polar surface area (TPSA) is 55.8 Å². The van der Waals surface area contributed by atoms with Crippen molar-refractivity contribution < 1.29 is 17.9 Å². The molecule has 2 aromatic rings. The number of aryl methyl sites for hydroxylation is 1. The smallest absolute Gasteiger partial charge is 0.243 e. The molecule has 0 aliphatic carbocycles. The van der Waals surface area contributed by atoms with Crippen molar-refractivity contribution in [3.63, 3.8) is 0 Å². The van der Waals surface area contributed by atoms with Crippen LogP contribution < -0.4 is 4.74 Å². The molecule has 2 aromatic carbocycles. The van der Waals surface area contributed by atoms with E-state index in [0.717, 1.165) is 12.0 Å². The fourth-order valence-corrected chi connectivity index (χ4v) is 4.74. The first-order valence-electron chi connectivity index (χ1n) is 8.50. The molecule has 1 aliphatic heterocycles. The van der Waals surface area contributed by atoms with Crippen LogP contribution in [-0.2, 0) is 21.2 Å². The summed E-state index contributed by atoms with van der Waals surface area (Å²) in [6.45, 7) is 3.04. The lowest BCUT2D eigenvalue weighted by molar-refractivity contribution is -0.00256. The number of ether oxygens (including phenoxy) is 2. The monoisotopic (exact) mass is 395 g/mol. The van der Waals surface area contributed by atoms with Crippen LogP contribution in [0.25, 0.3) is 0 Å². The molecule has 1 aliphatic rings. The van der Waals surface area contributed by atoms with E-state index in [9.17, 15) is 8.42 Å². The fourth-order valence-electron chi connectivity index (χ4n) is 2.97. The standard InChI is InChI=1S/C19H22ClNO4S/c1-3-14-4-6-15(7-5-14)19-13-21(10-11-25-19)26(22,23)16-8-9-18(24-2)17(20)12-16/h4-9,12,19H,3,10-11,13H2,1-2H3. The summed E-state index contributed by atoms with van der Waals surface area (Å²) >= 11 is 6.09. The minimum atomic E-state index is -3.65. The summed E-state index contributed by atoms with van der Waals surface area (Å²) in [4.78, 5) is 0.158. The van der Waals surface area contributed by atoms with Crippen LogP contribution in [0.3, 0.4) is 0 Å². The number of morpholine rings is 1. The SMILES string of the molecule is CCc1ccc(C2CN(S(=O)(=O)c3ccc(OC)c(Cl)c3)CCO2)cc1. The third-order valence-corrected chi connectivity index (χ3v) is 6.71. The molecule has 5 nitrogen and oxygen atoms in total. The van der Waals surface area contributed by atoms with Crippen LogP contribution >= 0.6 is 11.6 Å². The third kappa shape index (κ3) is 3.88. The van der Waals surface area contributed by atoms with Crippen LogP contribution in [0, 0.1) is 0 Å². The Balaban J connectivity index is 1.82. The maximum Gasteiger partial charge on any atom is 0.243 e. The minimum absolute atomic E-state index is 0.158. The van der Waals surface area contributed by atoms with Gasteiger partial charge in [-0.15, -0.1) is 0 Å². The average Bonchev–Trinajstić information content (AvgIpc) is 2.68. The maximum atomic E-state index is 13.0. The van der Waals surface area contributed by atoms with E-state index in [1.165, 1.54) is 29.1 Å². The van der Waals surface area contributed by atoms with Crippen molar-refractivity contribution >= 4 is 21.6 Å². The number of rotatable bonds is 5. The van der Waals surface area contributed by atoms with Gasteiger partial charge < -0.3 is 9.47 Å². The van der Waals surface area contributed by atoms with Gasteiger partial charge in [0.15, 0.2) is 0 Å². The molecule has 1 heterocycles. The zero-order valence-corrected chi connectivity index (χ0v) is 16.4. The van der Waals surface area contributed by atoms with Crippen LogP contribution in [0.15, 0.2) is 47.4 Å². The molecule has 0 N–H and O–H groups in total. The molecule has 26 heavy (non-hydrogen) atoms. The van der Waals surface area contributed by atoms with E-state index < -0.39 is 10.0 Å². The highest BCUT2D eigenvalue weighted by atomic mass is 35.5. The minimum Gasteiger partial charge on any atom is -0.495 e. The van der Waals surface area contributed by atoms with Crippen molar-refractivity contribution in [1.82, 2.24) is 4.31 Å². The summed E-state index contributed by atoms with van der Waals surface area (Å²) in [6, 6.07) is 12.6. The van der Waals surface area contributed by atoms with E-state index in [1.54, 1.807) is 6.07 Å². The normalized spacial score (nSPS) is 18.7. The maximum absolute atomic E-state index is 13.0. The van der Waals surface area contributed by atoms with Gasteiger partial charge in [0.1, 0.15) is 5.75 Å². The summed E-state index contributed by atoms with van der Waals surface area (Å²) in [5.41, 5.74) is 2.22. The zero-order chi connectivity index (χ0) is 18.7. The van der Waals surface area contributed by atoms with E-state index in [1.807, 2.05) is 12.1 Å². The van der Waals surface area contributed by atoms with Gasteiger partial charge in [0.05, 0.1) is 29.7 Å². The Bertz CT molecular complexity index is 868. The van der Waals surface area contributed by atoms with Gasteiger partial charge >= 0.3 is 0 Å². The first-order valence-corrected chi connectivity index (χ1v) is 10.3. The highest BCUT2D eigenvalue weighted by Crippen LogP contribution is 2.31. The first-order chi connectivity index (χ1) is 12.5. The first kappa shape index (κ1) is 19.2. The highest BCUT2D eigenvalue weighted by molar-refractivity contribution is 7.89. The average molecular weight is 396 g/mol. The predicted octanol–water partition coefficient (Wildman–Crippen LogP) is 3.67. The van der Waals surface area contributed by atoms with Gasteiger partial charge in [-0.25, -0.2) is 8.42 Å². The molecule has 0 amide bonds. The van der Waals surface area contributed by atoms with E-state index in [-0.39, 0.29) is 22.6 Å². The van der Waals surface area contributed by atoms with Crippen molar-refractivity contribution in [3.8, 4) is 5.75 Å². The number of benzene rings is 2. The van der Waals surface area contributed by atoms with Crippen LogP contribution in [0.5, 0.6) is 5.75 Å². The summed E-state index contributed by atoms with van der Waals surface area (Å²) in [6.07, 6.45) is 0.683. The Kier molecular flexibility index (Phi) is 5.87. The second kappa shape index (κ2) is 7.96. The van der Waals surface area contributed by atoms with Crippen LogP contribution in [0.2, 0.25) is 5.02 Å². The molecule has 0 saturated carbocycles. The lowest BCUT2D eigenvalue weighted by Crippen LogP contribution is -2.42. The van der Waals surface area contributed by atoms with Gasteiger partial charge in [-0.05, 0) is 35.7 Å². The number of halogens is 1. The molecule has 0 aromatic heterocycles. The number of methoxy groups -OCH3 is 1. The summed E-state index contributed by atoms with van der Waals surface area (Å²) in [7, 11) is -2.16. The summed E-state index contributed by atoms with van der Waals surface area (Å²) in [5.74, 6) is 0.446. The number of hydrogen-bond donors (Lipinski definition) is 0. The Morgan fingerprint density at radius 2 is 1.96 bits per heavy atom. The van der Waals surface area contributed by atoms with Crippen LogP contribution in [0.1, 0.15) is 24.2 Å². The van der Waals surface area contributed by atoms with E-state index in [0.29, 0.717) is 18.9 Å². The molecule has 0 bridgehead atoms. The number of sulfonamides is 1. The van der Waals surface area contributed by atoms with Crippen molar-refractivity contribution in [2.24, 2.45) is 0 Å². The van der Waals surface area contributed by atoms with Crippen molar-refractivity contribution in [2.75, 3.05) is 26.8 Å². The van der Waals surface area contributed by atoms with Gasteiger partial charge in [-0.1, -0.05) is 42.8 Å². The van der Waals surface area contributed by atoms with Crippen molar-refractivity contribution in [3.05, 3.63) is 58.6 Å². The molecule has 0 radical (unpaired) electrons. The van der Waals surface area contributed by atoms with Gasteiger partial charge in [0.2, 0.25) is 10.0 Å². The lowest BCUT2D eigenvalue weighted by Gasteiger charge is -2.32. The number of hydrogen-bond acceptors (Lipinski definition) is 4. The van der Waals surface area contributed by atoms with Gasteiger partial charge in [-0.3, -0.25) is 0 Å². The molecular weight excluding hydrogens is 374 g/mol. The molecule has 1 unspecified atom stereocenters. The van der Waals surface area contributed by atoms with Crippen LogP contribution in [-0.4, -0.2) is 39.5 Å². The quantitative estimate of drug-likeness (QED) is 0.775. The molecule has 1 atom stereocenters. The van der Waals surface area contributed by atoms with E-state index in [4.69, 9.17) is 21.1 Å². The Morgan fingerprint density at radius 3 is 2.58 bits per heavy atom. The second-order valence-electron chi connectivity index (χ2n) is 6.11. The largest absolute Gasteiger partial charge is 0.495 e. The van der Waals surface area contributed by atoms with Crippen molar-refractivity contribution in [1.29, 1.82) is 0 Å². The Labute approximate surface area is 159 Å². The highest BCUT2D eigenvalue weighted by Gasteiger charge is 2.31. The lowest BCUT2D eigenvalue weighted by atomic mass is 10.1. The molecule has 1 fully saturated rings. The second-order valence-corrected chi connectivity index (χ2v) is 8.46. The summed E-state index contributed by atoms with van der Waals surface area (Å²) in [5, 5.41) is 0.272. The van der Waals surface area contributed by atoms with Gasteiger partial charge in [-0.2, -0.15) is 4.31 Å². The van der Waals surface area contributed by atoms with Gasteiger partial charge in [0.25, 0.3) is 0 Å². The summed E-state index contributed by atoms with van der Waals surface area (Å²) < 4.78 is 38.3. The van der Waals surface area contributed by atoms with Crippen molar-refractivity contribution in [2.45, 2.75) is 24.3 Å². The van der Waals surface area contributed by atoms with Crippen LogP contribution in [0.4, 0.5) is 0 Å². The molecule has 3 rings (SSSR count). The molecule has 0 spiro atoms. The van der Waals surface area contributed by atoms with Gasteiger partial charge in [0, 0.05) is 13.1 Å². The zero-order valence-electron chi connectivity index (χ0n) is 14.8. The molecule has 140 valence electrons. The molecular formula is C19H22ClNO4S. The Hall–Kier alpha value is -1.60. The molecule has 7 heteroatoms. The van der Waals surface area contributed by atoms with E-state index in [2.05, 4.69) is 19.1 Å². The number of nitrogens with zero attached hydrogens (tertiary/aromatic N) is 1.